The van der Waals surface area contributed by atoms with E-state index in [1.165, 1.54) is 4.31 Å². The number of morpholine rings is 1. The smallest absolute Gasteiger partial charge is 0.281 e. The van der Waals surface area contributed by atoms with Crippen LogP contribution in [0, 0.1) is 0 Å². The third-order valence-electron chi connectivity index (χ3n) is 4.10. The van der Waals surface area contributed by atoms with E-state index in [1.807, 2.05) is 6.08 Å². The van der Waals surface area contributed by atoms with Crippen LogP contribution < -0.4 is 0 Å². The highest BCUT2D eigenvalue weighted by Gasteiger charge is 2.37. The maximum Gasteiger partial charge on any atom is 0.281 e. The first-order valence-electron chi connectivity index (χ1n) is 7.11. The van der Waals surface area contributed by atoms with Crippen molar-refractivity contribution in [1.29, 1.82) is 0 Å². The molecule has 2 fully saturated rings. The number of fused-ring (bicyclic) bond motifs is 1. The largest absolute Gasteiger partial charge is 0.375 e. The molecule has 2 aliphatic rings. The molecule has 0 radical (unpaired) electrons. The molecule has 2 heterocycles. The van der Waals surface area contributed by atoms with Crippen LogP contribution in [0.4, 0.5) is 0 Å². The topological polar surface area (TPSA) is 53.1 Å². The van der Waals surface area contributed by atoms with Gasteiger partial charge < -0.3 is 4.74 Å². The van der Waals surface area contributed by atoms with E-state index in [2.05, 4.69) is 11.5 Å². The Balaban J connectivity index is 2.09. The maximum atomic E-state index is 12.2. The van der Waals surface area contributed by atoms with Crippen LogP contribution in [-0.4, -0.2) is 81.0 Å². The summed E-state index contributed by atoms with van der Waals surface area (Å²) in [6, 6.07) is 0.295. The molecule has 20 heavy (non-hydrogen) atoms. The van der Waals surface area contributed by atoms with E-state index in [0.29, 0.717) is 19.1 Å². The second-order valence-corrected chi connectivity index (χ2v) is 7.67. The second-order valence-electron chi connectivity index (χ2n) is 5.53. The first-order valence-corrected chi connectivity index (χ1v) is 8.50. The summed E-state index contributed by atoms with van der Waals surface area (Å²) in [5.41, 5.74) is 0. The van der Waals surface area contributed by atoms with Gasteiger partial charge in [0.25, 0.3) is 10.2 Å². The highest BCUT2D eigenvalue weighted by molar-refractivity contribution is 7.86. The SMILES string of the molecule is C=CCN1CCOC2CCN(S(=O)(=O)N(C)C)CCC21. The van der Waals surface area contributed by atoms with Crippen molar-refractivity contribution in [3.8, 4) is 0 Å². The van der Waals surface area contributed by atoms with Crippen molar-refractivity contribution in [2.45, 2.75) is 25.0 Å². The zero-order valence-corrected chi connectivity index (χ0v) is 13.2. The monoisotopic (exact) mass is 303 g/mol. The van der Waals surface area contributed by atoms with Crippen LogP contribution in [0.2, 0.25) is 0 Å². The minimum atomic E-state index is -3.32. The Labute approximate surface area is 122 Å². The van der Waals surface area contributed by atoms with E-state index in [-0.39, 0.29) is 6.10 Å². The van der Waals surface area contributed by atoms with Crippen molar-refractivity contribution in [2.24, 2.45) is 0 Å². The summed E-state index contributed by atoms with van der Waals surface area (Å²) in [5.74, 6) is 0. The van der Waals surface area contributed by atoms with Gasteiger partial charge in [-0.25, -0.2) is 0 Å². The van der Waals surface area contributed by atoms with Crippen LogP contribution in [0.25, 0.3) is 0 Å². The third kappa shape index (κ3) is 3.23. The lowest BCUT2D eigenvalue weighted by Crippen LogP contribution is -2.51. The molecule has 7 heteroatoms. The van der Waals surface area contributed by atoms with E-state index in [4.69, 9.17) is 4.74 Å². The Morgan fingerprint density at radius 2 is 2.00 bits per heavy atom. The van der Waals surface area contributed by atoms with Crippen LogP contribution in [-0.2, 0) is 14.9 Å². The van der Waals surface area contributed by atoms with Gasteiger partial charge in [-0.05, 0) is 12.8 Å². The van der Waals surface area contributed by atoms with Gasteiger partial charge in [-0.2, -0.15) is 17.0 Å². The Kier molecular flexibility index (Phi) is 5.19. The van der Waals surface area contributed by atoms with Gasteiger partial charge in [0, 0.05) is 46.3 Å². The summed E-state index contributed by atoms with van der Waals surface area (Å²) < 4.78 is 33.2. The summed E-state index contributed by atoms with van der Waals surface area (Å²) in [4.78, 5) is 2.35. The molecule has 0 N–H and O–H groups in total. The van der Waals surface area contributed by atoms with Crippen molar-refractivity contribution >= 4 is 10.2 Å². The molecule has 2 unspecified atom stereocenters. The van der Waals surface area contributed by atoms with Crippen LogP contribution >= 0.6 is 0 Å². The molecule has 0 bridgehead atoms. The van der Waals surface area contributed by atoms with Crippen LogP contribution in [0.3, 0.4) is 0 Å². The van der Waals surface area contributed by atoms with Gasteiger partial charge in [0.2, 0.25) is 0 Å². The molecule has 2 atom stereocenters. The standard InChI is InChI=1S/C13H25N3O3S/c1-4-7-15-10-11-19-13-6-9-16(8-5-12(13)15)20(17,18)14(2)3/h4,12-13H,1,5-11H2,2-3H3. The number of hydrogen-bond acceptors (Lipinski definition) is 4. The van der Waals surface area contributed by atoms with E-state index in [0.717, 1.165) is 32.5 Å². The summed E-state index contributed by atoms with van der Waals surface area (Å²) in [6.45, 7) is 7.34. The highest BCUT2D eigenvalue weighted by Crippen LogP contribution is 2.25. The average molecular weight is 303 g/mol. The molecule has 6 nitrogen and oxygen atoms in total. The molecule has 2 rings (SSSR count). The van der Waals surface area contributed by atoms with Crippen LogP contribution in [0.5, 0.6) is 0 Å². The van der Waals surface area contributed by atoms with Gasteiger partial charge in [-0.3, -0.25) is 4.90 Å². The lowest BCUT2D eigenvalue weighted by molar-refractivity contribution is -0.0672. The Morgan fingerprint density at radius 3 is 2.65 bits per heavy atom. The molecule has 0 aromatic rings. The molecule has 2 saturated heterocycles. The first kappa shape index (κ1) is 15.9. The fourth-order valence-electron chi connectivity index (χ4n) is 2.99. The minimum Gasteiger partial charge on any atom is -0.375 e. The van der Waals surface area contributed by atoms with E-state index in [9.17, 15) is 8.42 Å². The van der Waals surface area contributed by atoms with Crippen LogP contribution in [0.15, 0.2) is 12.7 Å². The predicted molar refractivity (Wildman–Crippen MR) is 78.7 cm³/mol. The third-order valence-corrected chi connectivity index (χ3v) is 6.04. The number of rotatable bonds is 4. The first-order chi connectivity index (χ1) is 9.46. The molecule has 0 amide bonds. The van der Waals surface area contributed by atoms with Gasteiger partial charge >= 0.3 is 0 Å². The summed E-state index contributed by atoms with van der Waals surface area (Å²) in [7, 11) is -0.169. The normalized spacial score (nSPS) is 29.9. The van der Waals surface area contributed by atoms with Gasteiger partial charge in [0.1, 0.15) is 0 Å². The molecular weight excluding hydrogens is 278 g/mol. The predicted octanol–water partition coefficient (Wildman–Crippen LogP) is 0.144. The zero-order valence-electron chi connectivity index (χ0n) is 12.4. The van der Waals surface area contributed by atoms with E-state index >= 15 is 0 Å². The lowest BCUT2D eigenvalue weighted by atomic mass is 10.0. The molecule has 2 aliphatic heterocycles. The van der Waals surface area contributed by atoms with Crippen molar-refractivity contribution < 1.29 is 13.2 Å². The number of nitrogens with zero attached hydrogens (tertiary/aromatic N) is 3. The lowest BCUT2D eigenvalue weighted by Gasteiger charge is -2.39. The average Bonchev–Trinajstić information content (AvgIpc) is 2.62. The maximum absolute atomic E-state index is 12.2. The Bertz CT molecular complexity index is 438. The van der Waals surface area contributed by atoms with Crippen molar-refractivity contribution in [2.75, 3.05) is 46.9 Å². The molecule has 116 valence electrons. The molecular formula is C13H25N3O3S. The molecule has 0 aromatic carbocycles. The number of hydrogen-bond donors (Lipinski definition) is 0. The quantitative estimate of drug-likeness (QED) is 0.694. The summed E-state index contributed by atoms with van der Waals surface area (Å²) >= 11 is 0. The van der Waals surface area contributed by atoms with Gasteiger partial charge in [0.15, 0.2) is 0 Å². The fourth-order valence-corrected chi connectivity index (χ4v) is 4.13. The van der Waals surface area contributed by atoms with Gasteiger partial charge in [-0.1, -0.05) is 6.08 Å². The molecule has 0 aromatic heterocycles. The summed E-state index contributed by atoms with van der Waals surface area (Å²) in [5, 5.41) is 0. The Morgan fingerprint density at radius 1 is 1.30 bits per heavy atom. The van der Waals surface area contributed by atoms with Crippen molar-refractivity contribution in [1.82, 2.24) is 13.5 Å². The Hall–Kier alpha value is -0.470. The van der Waals surface area contributed by atoms with Gasteiger partial charge in [-0.15, -0.1) is 6.58 Å². The number of ether oxygens (including phenoxy) is 1. The fraction of sp³-hybridized carbons (Fsp3) is 0.846. The summed E-state index contributed by atoms with van der Waals surface area (Å²) in [6.07, 6.45) is 3.60. The second kappa shape index (κ2) is 6.53. The molecule has 0 aliphatic carbocycles. The minimum absolute atomic E-state index is 0.131. The molecule has 0 saturated carbocycles. The van der Waals surface area contributed by atoms with Crippen molar-refractivity contribution in [3.63, 3.8) is 0 Å². The van der Waals surface area contributed by atoms with Crippen molar-refractivity contribution in [3.05, 3.63) is 12.7 Å². The van der Waals surface area contributed by atoms with Gasteiger partial charge in [0.05, 0.1) is 12.7 Å². The zero-order chi connectivity index (χ0) is 14.8. The van der Waals surface area contributed by atoms with E-state index in [1.54, 1.807) is 18.4 Å². The molecule has 0 spiro atoms. The van der Waals surface area contributed by atoms with Crippen LogP contribution in [0.1, 0.15) is 12.8 Å². The highest BCUT2D eigenvalue weighted by atomic mass is 32.2. The van der Waals surface area contributed by atoms with E-state index < -0.39 is 10.2 Å².